The average molecular weight is 242 g/mol. The summed E-state index contributed by atoms with van der Waals surface area (Å²) in [5, 5.41) is 0. The third-order valence-corrected chi connectivity index (χ3v) is 3.98. The lowest BCUT2D eigenvalue weighted by Crippen LogP contribution is -2.34. The van der Waals surface area contributed by atoms with Gasteiger partial charge >= 0.3 is 0 Å². The number of hydrazine groups is 1. The van der Waals surface area contributed by atoms with Crippen LogP contribution in [-0.4, -0.2) is 54.7 Å². The van der Waals surface area contributed by atoms with Crippen LogP contribution in [0.3, 0.4) is 0 Å². The third-order valence-electron chi connectivity index (χ3n) is 3.98. The van der Waals surface area contributed by atoms with Crippen LogP contribution in [0.25, 0.3) is 0 Å². The lowest BCUT2D eigenvalue weighted by atomic mass is 10.1. The standard InChI is InChI=1S/C13H30N4/c1-5-16(6-2)11-9-13(14-15-13)10-12-17(7-3)8-4/h14-15H,5-12H2,1-4H3. The summed E-state index contributed by atoms with van der Waals surface area (Å²) in [6, 6.07) is 0. The Balaban J connectivity index is 2.22. The Kier molecular flexibility index (Phi) is 6.41. The van der Waals surface area contributed by atoms with Crippen LogP contribution < -0.4 is 10.9 Å². The predicted octanol–water partition coefficient (Wildman–Crippen LogP) is 1.25. The van der Waals surface area contributed by atoms with E-state index in [2.05, 4.69) is 48.3 Å². The molecule has 0 saturated carbocycles. The lowest BCUT2D eigenvalue weighted by Gasteiger charge is -2.23. The molecule has 17 heavy (non-hydrogen) atoms. The van der Waals surface area contributed by atoms with Crippen molar-refractivity contribution in [1.29, 1.82) is 0 Å². The van der Waals surface area contributed by atoms with E-state index in [4.69, 9.17) is 0 Å². The van der Waals surface area contributed by atoms with Gasteiger partial charge < -0.3 is 9.80 Å². The summed E-state index contributed by atoms with van der Waals surface area (Å²) in [7, 11) is 0. The molecule has 1 rings (SSSR count). The zero-order chi connectivity index (χ0) is 12.7. The van der Waals surface area contributed by atoms with Gasteiger partial charge in [-0.1, -0.05) is 27.7 Å². The first kappa shape index (κ1) is 14.9. The van der Waals surface area contributed by atoms with E-state index in [1.54, 1.807) is 0 Å². The minimum atomic E-state index is 0.227. The second kappa shape index (κ2) is 7.31. The highest BCUT2D eigenvalue weighted by Crippen LogP contribution is 2.21. The normalized spacial score (nSPS) is 18.0. The minimum Gasteiger partial charge on any atom is -0.304 e. The van der Waals surface area contributed by atoms with Crippen LogP contribution >= 0.6 is 0 Å². The van der Waals surface area contributed by atoms with Crippen molar-refractivity contribution in [2.45, 2.75) is 46.2 Å². The van der Waals surface area contributed by atoms with Crippen LogP contribution in [0, 0.1) is 0 Å². The lowest BCUT2D eigenvalue weighted by molar-refractivity contribution is 0.252. The first-order chi connectivity index (χ1) is 8.19. The summed E-state index contributed by atoms with van der Waals surface area (Å²) in [6.07, 6.45) is 2.41. The topological polar surface area (TPSA) is 50.4 Å². The van der Waals surface area contributed by atoms with E-state index in [1.165, 1.54) is 25.9 Å². The second-order valence-corrected chi connectivity index (χ2v) is 4.89. The van der Waals surface area contributed by atoms with Gasteiger partial charge in [0.2, 0.25) is 0 Å². The summed E-state index contributed by atoms with van der Waals surface area (Å²) in [4.78, 5) is 4.97. The van der Waals surface area contributed by atoms with E-state index in [-0.39, 0.29) is 5.66 Å². The molecule has 0 aromatic rings. The van der Waals surface area contributed by atoms with Crippen molar-refractivity contribution in [3.8, 4) is 0 Å². The van der Waals surface area contributed by atoms with Crippen molar-refractivity contribution in [3.63, 3.8) is 0 Å². The van der Waals surface area contributed by atoms with Crippen molar-refractivity contribution < 1.29 is 0 Å². The first-order valence-electron chi connectivity index (χ1n) is 7.18. The molecule has 4 heteroatoms. The van der Waals surface area contributed by atoms with E-state index in [1.807, 2.05) is 0 Å². The summed E-state index contributed by atoms with van der Waals surface area (Å²) >= 11 is 0. The maximum atomic E-state index is 3.35. The quantitative estimate of drug-likeness (QED) is 0.566. The predicted molar refractivity (Wildman–Crippen MR) is 73.8 cm³/mol. The number of nitrogens with zero attached hydrogens (tertiary/aromatic N) is 2. The fourth-order valence-electron chi connectivity index (χ4n) is 2.24. The Morgan fingerprint density at radius 1 is 0.706 bits per heavy atom. The van der Waals surface area contributed by atoms with Gasteiger partial charge in [0.25, 0.3) is 0 Å². The molecule has 1 aliphatic heterocycles. The summed E-state index contributed by atoms with van der Waals surface area (Å²) in [5.41, 5.74) is 6.93. The monoisotopic (exact) mass is 242 g/mol. The molecular formula is C13H30N4. The van der Waals surface area contributed by atoms with Gasteiger partial charge in [-0.25, -0.2) is 10.9 Å². The Labute approximate surface area is 107 Å². The Bertz CT molecular complexity index is 178. The molecule has 0 atom stereocenters. The molecule has 4 nitrogen and oxygen atoms in total. The van der Waals surface area contributed by atoms with E-state index in [0.29, 0.717) is 0 Å². The third kappa shape index (κ3) is 4.92. The number of hydrogen-bond donors (Lipinski definition) is 2. The minimum absolute atomic E-state index is 0.227. The second-order valence-electron chi connectivity index (χ2n) is 4.89. The zero-order valence-corrected chi connectivity index (χ0v) is 12.1. The Morgan fingerprint density at radius 2 is 1.06 bits per heavy atom. The van der Waals surface area contributed by atoms with E-state index in [9.17, 15) is 0 Å². The maximum absolute atomic E-state index is 3.35. The van der Waals surface area contributed by atoms with Crippen LogP contribution in [0.1, 0.15) is 40.5 Å². The van der Waals surface area contributed by atoms with Crippen LogP contribution in [0.4, 0.5) is 0 Å². The van der Waals surface area contributed by atoms with Crippen molar-refractivity contribution in [3.05, 3.63) is 0 Å². The number of nitrogens with one attached hydrogen (secondary N) is 2. The van der Waals surface area contributed by atoms with E-state index < -0.39 is 0 Å². The zero-order valence-electron chi connectivity index (χ0n) is 12.1. The Morgan fingerprint density at radius 3 is 1.29 bits per heavy atom. The van der Waals surface area contributed by atoms with E-state index in [0.717, 1.165) is 26.2 Å². The van der Waals surface area contributed by atoms with Crippen molar-refractivity contribution in [1.82, 2.24) is 20.7 Å². The molecule has 0 aromatic heterocycles. The van der Waals surface area contributed by atoms with Gasteiger partial charge in [0, 0.05) is 13.1 Å². The van der Waals surface area contributed by atoms with Gasteiger partial charge in [0.15, 0.2) is 0 Å². The van der Waals surface area contributed by atoms with Crippen molar-refractivity contribution in [2.75, 3.05) is 39.3 Å². The molecule has 0 amide bonds. The largest absolute Gasteiger partial charge is 0.304 e. The van der Waals surface area contributed by atoms with Crippen LogP contribution in [0.5, 0.6) is 0 Å². The molecule has 0 aromatic carbocycles. The van der Waals surface area contributed by atoms with Gasteiger partial charge in [0.1, 0.15) is 0 Å². The molecule has 0 radical (unpaired) electrons. The summed E-state index contributed by atoms with van der Waals surface area (Å²) in [5.74, 6) is 0. The van der Waals surface area contributed by atoms with Crippen LogP contribution in [0.15, 0.2) is 0 Å². The molecule has 0 aliphatic carbocycles. The fourth-order valence-corrected chi connectivity index (χ4v) is 2.24. The van der Waals surface area contributed by atoms with Gasteiger partial charge in [-0.3, -0.25) is 0 Å². The first-order valence-corrected chi connectivity index (χ1v) is 7.18. The SMILES string of the molecule is CCN(CC)CCC1(CCN(CC)CC)NN1. The van der Waals surface area contributed by atoms with Crippen LogP contribution in [0.2, 0.25) is 0 Å². The molecule has 0 bridgehead atoms. The van der Waals surface area contributed by atoms with Crippen LogP contribution in [-0.2, 0) is 0 Å². The molecule has 102 valence electrons. The molecule has 1 heterocycles. The van der Waals surface area contributed by atoms with E-state index >= 15 is 0 Å². The Hall–Kier alpha value is -0.160. The highest BCUT2D eigenvalue weighted by molar-refractivity contribution is 4.95. The number of rotatable bonds is 10. The molecule has 2 N–H and O–H groups in total. The van der Waals surface area contributed by atoms with Crippen molar-refractivity contribution in [2.24, 2.45) is 0 Å². The van der Waals surface area contributed by atoms with Gasteiger partial charge in [-0.2, -0.15) is 0 Å². The summed E-state index contributed by atoms with van der Waals surface area (Å²) < 4.78 is 0. The fraction of sp³-hybridized carbons (Fsp3) is 1.00. The molecular weight excluding hydrogens is 212 g/mol. The molecule has 0 unspecified atom stereocenters. The van der Waals surface area contributed by atoms with Gasteiger partial charge in [-0.15, -0.1) is 0 Å². The summed E-state index contributed by atoms with van der Waals surface area (Å²) in [6.45, 7) is 15.9. The molecule has 1 saturated heterocycles. The van der Waals surface area contributed by atoms with Crippen molar-refractivity contribution >= 4 is 0 Å². The van der Waals surface area contributed by atoms with Gasteiger partial charge in [0.05, 0.1) is 5.66 Å². The highest BCUT2D eigenvalue weighted by atomic mass is 15.7. The maximum Gasteiger partial charge on any atom is 0.0967 e. The molecule has 1 aliphatic rings. The molecule has 1 fully saturated rings. The molecule has 0 spiro atoms. The average Bonchev–Trinajstić information content (AvgIpc) is 3.12. The number of hydrogen-bond acceptors (Lipinski definition) is 4. The van der Waals surface area contributed by atoms with Gasteiger partial charge in [-0.05, 0) is 39.0 Å². The highest BCUT2D eigenvalue weighted by Gasteiger charge is 2.40. The smallest absolute Gasteiger partial charge is 0.0967 e.